The van der Waals surface area contributed by atoms with E-state index in [4.69, 9.17) is 4.74 Å². The Balaban J connectivity index is 0.00000200. The minimum absolute atomic E-state index is 0. The average molecular weight is 302 g/mol. The van der Waals surface area contributed by atoms with E-state index in [-0.39, 0.29) is 32.3 Å². The van der Waals surface area contributed by atoms with E-state index >= 15 is 0 Å². The Morgan fingerprint density at radius 2 is 1.65 bits per heavy atom. The maximum Gasteiger partial charge on any atom is 1.00 e. The molecule has 0 radical (unpaired) electrons. The van der Waals surface area contributed by atoms with Crippen LogP contribution in [0.2, 0.25) is 0 Å². The summed E-state index contributed by atoms with van der Waals surface area (Å²) in [6.07, 6.45) is 0. The van der Waals surface area contributed by atoms with Gasteiger partial charge in [0.15, 0.2) is 0 Å². The second-order valence-corrected chi connectivity index (χ2v) is 6.52. The van der Waals surface area contributed by atoms with Crippen molar-refractivity contribution >= 4 is 29.3 Å². The number of benzene rings is 2. The Kier molecular flexibility index (Phi) is 6.26. The van der Waals surface area contributed by atoms with Gasteiger partial charge in [0.2, 0.25) is 0 Å². The number of methoxy groups -OCH3 is 1. The Morgan fingerprint density at radius 1 is 1.05 bits per heavy atom. The van der Waals surface area contributed by atoms with E-state index in [9.17, 15) is 13.0 Å². The SMILES string of the molecule is COc1ccc(Pc2ccccc2S(=O)(=O)[O-])cc1.[Li+]. The van der Waals surface area contributed by atoms with Gasteiger partial charge in [0, 0.05) is 0 Å². The third kappa shape index (κ3) is 4.34. The minimum Gasteiger partial charge on any atom is -0.744 e. The van der Waals surface area contributed by atoms with Gasteiger partial charge in [-0.1, -0.05) is 38.9 Å². The molecule has 0 aliphatic carbocycles. The van der Waals surface area contributed by atoms with Crippen LogP contribution < -0.4 is 34.2 Å². The molecule has 100 valence electrons. The molecule has 20 heavy (non-hydrogen) atoms. The van der Waals surface area contributed by atoms with Crippen LogP contribution in [0.3, 0.4) is 0 Å². The summed E-state index contributed by atoms with van der Waals surface area (Å²) in [7, 11) is -2.74. The Hall–Kier alpha value is -0.823. The molecule has 0 saturated carbocycles. The molecule has 2 rings (SSSR count). The van der Waals surface area contributed by atoms with Crippen molar-refractivity contribution in [2.45, 2.75) is 4.90 Å². The second kappa shape index (κ2) is 7.26. The van der Waals surface area contributed by atoms with Gasteiger partial charge in [-0.15, -0.1) is 0 Å². The van der Waals surface area contributed by atoms with E-state index in [0.29, 0.717) is 5.30 Å². The standard InChI is InChI=1S/C13H13O4PS.Li/c1-17-10-6-8-11(9-7-10)18-12-4-2-3-5-13(12)19(14,15)16;/h2-9,18H,1H3,(H,14,15,16);/q;+1/p-1. The van der Waals surface area contributed by atoms with E-state index in [0.717, 1.165) is 11.1 Å². The van der Waals surface area contributed by atoms with Crippen LogP contribution in [0.25, 0.3) is 0 Å². The average Bonchev–Trinajstić information content (AvgIpc) is 2.39. The third-order valence-electron chi connectivity index (χ3n) is 2.53. The largest absolute Gasteiger partial charge is 1.00 e. The van der Waals surface area contributed by atoms with E-state index in [1.165, 1.54) is 6.07 Å². The smallest absolute Gasteiger partial charge is 0.744 e. The number of hydrogen-bond donors (Lipinski definition) is 0. The van der Waals surface area contributed by atoms with Crippen molar-refractivity contribution < 1.29 is 36.6 Å². The van der Waals surface area contributed by atoms with Gasteiger partial charge in [-0.25, -0.2) is 8.42 Å². The normalized spacial score (nSPS) is 11.3. The zero-order valence-electron chi connectivity index (χ0n) is 11.2. The first-order valence-electron chi connectivity index (χ1n) is 5.47. The van der Waals surface area contributed by atoms with E-state index in [1.54, 1.807) is 37.4 Å². The zero-order valence-corrected chi connectivity index (χ0v) is 13.0. The van der Waals surface area contributed by atoms with Crippen LogP contribution in [0.15, 0.2) is 53.4 Å². The first kappa shape index (κ1) is 17.2. The third-order valence-corrected chi connectivity index (χ3v) is 4.93. The van der Waals surface area contributed by atoms with Crippen LogP contribution in [0, 0.1) is 0 Å². The molecule has 0 fully saturated rings. The number of ether oxygens (including phenoxy) is 1. The molecule has 0 bridgehead atoms. The maximum absolute atomic E-state index is 11.2. The Morgan fingerprint density at radius 3 is 2.20 bits per heavy atom. The van der Waals surface area contributed by atoms with Gasteiger partial charge in [0.25, 0.3) is 0 Å². The molecule has 1 unspecified atom stereocenters. The molecule has 0 N–H and O–H groups in total. The van der Waals surface area contributed by atoms with Crippen LogP contribution in [-0.2, 0) is 10.1 Å². The fourth-order valence-corrected chi connectivity index (χ4v) is 3.76. The molecule has 0 aliphatic heterocycles. The second-order valence-electron chi connectivity index (χ2n) is 3.80. The topological polar surface area (TPSA) is 66.4 Å². The van der Waals surface area contributed by atoms with E-state index < -0.39 is 10.1 Å². The van der Waals surface area contributed by atoms with Crippen molar-refractivity contribution in [2.75, 3.05) is 7.11 Å². The van der Waals surface area contributed by atoms with Gasteiger partial charge in [-0.05, 0) is 28.8 Å². The van der Waals surface area contributed by atoms with Crippen LogP contribution in [0.4, 0.5) is 0 Å². The summed E-state index contributed by atoms with van der Waals surface area (Å²) in [5.74, 6) is 0.735. The number of rotatable bonds is 4. The summed E-state index contributed by atoms with van der Waals surface area (Å²) in [6.45, 7) is 0. The molecule has 0 amide bonds. The maximum atomic E-state index is 11.2. The molecular weight excluding hydrogens is 290 g/mol. The molecule has 0 spiro atoms. The quantitative estimate of drug-likeness (QED) is 0.381. The van der Waals surface area contributed by atoms with Crippen molar-refractivity contribution in [3.05, 3.63) is 48.5 Å². The van der Waals surface area contributed by atoms with Crippen LogP contribution in [0.5, 0.6) is 5.75 Å². The summed E-state index contributed by atoms with van der Waals surface area (Å²) in [4.78, 5) is -0.149. The fraction of sp³-hybridized carbons (Fsp3) is 0.0769. The predicted molar refractivity (Wildman–Crippen MR) is 75.0 cm³/mol. The van der Waals surface area contributed by atoms with Gasteiger partial charge in [0.1, 0.15) is 15.9 Å². The molecular formula is C13H12LiO4PS. The van der Waals surface area contributed by atoms with E-state index in [1.807, 2.05) is 12.1 Å². The van der Waals surface area contributed by atoms with Crippen LogP contribution >= 0.6 is 8.58 Å². The Labute approximate surface area is 132 Å². The molecule has 2 aromatic carbocycles. The van der Waals surface area contributed by atoms with Crippen LogP contribution in [-0.4, -0.2) is 20.1 Å². The first-order valence-corrected chi connectivity index (χ1v) is 7.87. The molecule has 2 aromatic rings. The van der Waals surface area contributed by atoms with Crippen molar-refractivity contribution in [3.63, 3.8) is 0 Å². The van der Waals surface area contributed by atoms with E-state index in [2.05, 4.69) is 0 Å². The minimum atomic E-state index is -4.43. The van der Waals surface area contributed by atoms with Gasteiger partial charge in [-0.3, -0.25) is 0 Å². The zero-order chi connectivity index (χ0) is 13.9. The summed E-state index contributed by atoms with van der Waals surface area (Å²) < 4.78 is 38.6. The molecule has 0 saturated heterocycles. The van der Waals surface area contributed by atoms with Crippen molar-refractivity contribution in [2.24, 2.45) is 0 Å². The predicted octanol–water partition coefficient (Wildman–Crippen LogP) is -1.77. The summed E-state index contributed by atoms with van der Waals surface area (Å²) in [6, 6.07) is 13.6. The van der Waals surface area contributed by atoms with Gasteiger partial charge < -0.3 is 9.29 Å². The number of hydrogen-bond acceptors (Lipinski definition) is 4. The van der Waals surface area contributed by atoms with Crippen molar-refractivity contribution in [1.82, 2.24) is 0 Å². The Bertz CT molecular complexity index is 671. The molecule has 0 aliphatic rings. The summed E-state index contributed by atoms with van der Waals surface area (Å²) in [5.41, 5.74) is 0. The monoisotopic (exact) mass is 302 g/mol. The molecule has 1 atom stereocenters. The fourth-order valence-electron chi connectivity index (χ4n) is 1.62. The van der Waals surface area contributed by atoms with Gasteiger partial charge in [-0.2, -0.15) is 0 Å². The summed E-state index contributed by atoms with van der Waals surface area (Å²) >= 11 is 0. The molecule has 4 nitrogen and oxygen atoms in total. The van der Waals surface area contributed by atoms with Crippen molar-refractivity contribution in [1.29, 1.82) is 0 Å². The van der Waals surface area contributed by atoms with Gasteiger partial charge >= 0.3 is 18.9 Å². The summed E-state index contributed by atoms with van der Waals surface area (Å²) in [5, 5.41) is 1.47. The van der Waals surface area contributed by atoms with Gasteiger partial charge in [0.05, 0.1) is 12.0 Å². The van der Waals surface area contributed by atoms with Crippen molar-refractivity contribution in [3.8, 4) is 5.75 Å². The molecule has 0 aromatic heterocycles. The molecule has 7 heteroatoms. The first-order chi connectivity index (χ1) is 9.00. The molecule has 0 heterocycles. The van der Waals surface area contributed by atoms with Crippen LogP contribution in [0.1, 0.15) is 0 Å².